The van der Waals surface area contributed by atoms with Gasteiger partial charge in [0.15, 0.2) is 10.9 Å². The first-order chi connectivity index (χ1) is 12.4. The van der Waals surface area contributed by atoms with E-state index in [2.05, 4.69) is 25.8 Å². The Morgan fingerprint density at radius 3 is 2.76 bits per heavy atom. The van der Waals surface area contributed by atoms with E-state index in [0.717, 1.165) is 34.6 Å². The number of rotatable bonds is 6. The molecule has 1 aliphatic rings. The molecule has 3 heterocycles. The molecule has 0 bridgehead atoms. The molecule has 3 aromatic rings. The molecular weight excluding hydrogens is 332 g/mol. The third-order valence-electron chi connectivity index (χ3n) is 4.66. The summed E-state index contributed by atoms with van der Waals surface area (Å²) in [6.45, 7) is 0. The number of aryl methyl sites for hydroxylation is 1. The van der Waals surface area contributed by atoms with E-state index in [9.17, 15) is 0 Å². The van der Waals surface area contributed by atoms with Gasteiger partial charge in [0.05, 0.1) is 6.26 Å². The molecule has 0 N–H and O–H groups in total. The van der Waals surface area contributed by atoms with Crippen molar-refractivity contribution in [1.82, 2.24) is 19.7 Å². The van der Waals surface area contributed by atoms with Crippen LogP contribution in [0.3, 0.4) is 0 Å². The van der Waals surface area contributed by atoms with E-state index < -0.39 is 0 Å². The maximum Gasteiger partial charge on any atom is 0.200 e. The molecule has 130 valence electrons. The van der Waals surface area contributed by atoms with Crippen LogP contribution < -0.4 is 0 Å². The van der Waals surface area contributed by atoms with Gasteiger partial charge < -0.3 is 4.42 Å². The number of nitrogens with zero attached hydrogens (tertiary/aromatic N) is 4. The maximum atomic E-state index is 5.60. The summed E-state index contributed by atoms with van der Waals surface area (Å²) in [5.74, 6) is 2.60. The van der Waals surface area contributed by atoms with Gasteiger partial charge in [-0.25, -0.2) is 0 Å². The fourth-order valence-corrected chi connectivity index (χ4v) is 4.38. The maximum absolute atomic E-state index is 5.60. The van der Waals surface area contributed by atoms with E-state index in [-0.39, 0.29) is 0 Å². The minimum Gasteiger partial charge on any atom is -0.461 e. The monoisotopic (exact) mass is 354 g/mol. The molecule has 1 saturated carbocycles. The Balaban J connectivity index is 1.54. The summed E-state index contributed by atoms with van der Waals surface area (Å²) in [4.78, 5) is 4.40. The predicted molar refractivity (Wildman–Crippen MR) is 98.5 cm³/mol. The van der Waals surface area contributed by atoms with Crippen molar-refractivity contribution >= 4 is 11.8 Å². The molecule has 5 nitrogen and oxygen atoms in total. The average molecular weight is 354 g/mol. The van der Waals surface area contributed by atoms with Gasteiger partial charge in [0.1, 0.15) is 0 Å². The van der Waals surface area contributed by atoms with E-state index in [1.54, 1.807) is 18.0 Å². The Morgan fingerprint density at radius 1 is 1.08 bits per heavy atom. The fourth-order valence-electron chi connectivity index (χ4n) is 3.41. The Bertz CT molecular complexity index is 779. The highest BCUT2D eigenvalue weighted by Crippen LogP contribution is 2.35. The van der Waals surface area contributed by atoms with Crippen molar-refractivity contribution in [2.45, 2.75) is 49.7 Å². The third-order valence-corrected chi connectivity index (χ3v) is 5.61. The minimum atomic E-state index is 0.473. The minimum absolute atomic E-state index is 0.473. The molecule has 0 atom stereocenters. The van der Waals surface area contributed by atoms with Crippen molar-refractivity contribution in [3.63, 3.8) is 0 Å². The van der Waals surface area contributed by atoms with Gasteiger partial charge in [0, 0.05) is 23.7 Å². The van der Waals surface area contributed by atoms with Crippen LogP contribution in [0.25, 0.3) is 11.6 Å². The highest BCUT2D eigenvalue weighted by Gasteiger charge is 2.24. The van der Waals surface area contributed by atoms with Crippen LogP contribution in [0.5, 0.6) is 0 Å². The first kappa shape index (κ1) is 16.4. The van der Waals surface area contributed by atoms with Crippen LogP contribution in [0.15, 0.2) is 52.4 Å². The van der Waals surface area contributed by atoms with Gasteiger partial charge in [-0.3, -0.25) is 9.55 Å². The van der Waals surface area contributed by atoms with E-state index in [4.69, 9.17) is 4.42 Å². The molecule has 0 aliphatic heterocycles. The summed E-state index contributed by atoms with van der Waals surface area (Å²) in [5.41, 5.74) is 1.12. The van der Waals surface area contributed by atoms with Gasteiger partial charge >= 0.3 is 0 Å². The number of thioether (sulfide) groups is 1. The second kappa shape index (κ2) is 7.87. The van der Waals surface area contributed by atoms with Crippen LogP contribution in [-0.4, -0.2) is 25.5 Å². The van der Waals surface area contributed by atoms with Gasteiger partial charge in [0.2, 0.25) is 5.82 Å². The lowest BCUT2D eigenvalue weighted by Gasteiger charge is -2.25. The van der Waals surface area contributed by atoms with Gasteiger partial charge in [-0.1, -0.05) is 37.1 Å². The number of aromatic nitrogens is 4. The van der Waals surface area contributed by atoms with Crippen LogP contribution in [0.2, 0.25) is 0 Å². The standard InChI is InChI=1S/C19H22N4OS/c1-2-8-16(9-3-1)23-18(17-10-6-13-24-17)21-22-19(23)25-14-11-15-7-4-5-12-20-15/h4-7,10,12-13,16H,1-3,8-9,11,14H2. The molecule has 25 heavy (non-hydrogen) atoms. The smallest absolute Gasteiger partial charge is 0.200 e. The average Bonchev–Trinajstić information content (AvgIpc) is 3.33. The Morgan fingerprint density at radius 2 is 2.00 bits per heavy atom. The van der Waals surface area contributed by atoms with Crippen molar-refractivity contribution in [3.05, 3.63) is 48.5 Å². The lowest BCUT2D eigenvalue weighted by Crippen LogP contribution is -2.15. The van der Waals surface area contributed by atoms with Crippen LogP contribution in [-0.2, 0) is 6.42 Å². The van der Waals surface area contributed by atoms with Gasteiger partial charge in [-0.2, -0.15) is 0 Å². The molecule has 1 aliphatic carbocycles. The predicted octanol–water partition coefficient (Wildman–Crippen LogP) is 4.77. The highest BCUT2D eigenvalue weighted by molar-refractivity contribution is 7.99. The topological polar surface area (TPSA) is 56.7 Å². The quantitative estimate of drug-likeness (QED) is 0.597. The summed E-state index contributed by atoms with van der Waals surface area (Å²) < 4.78 is 7.90. The summed E-state index contributed by atoms with van der Waals surface area (Å²) in [7, 11) is 0. The number of hydrogen-bond donors (Lipinski definition) is 0. The summed E-state index contributed by atoms with van der Waals surface area (Å²) >= 11 is 1.76. The van der Waals surface area contributed by atoms with E-state index in [1.165, 1.54) is 32.1 Å². The lowest BCUT2D eigenvalue weighted by molar-refractivity contribution is 0.337. The molecule has 0 spiro atoms. The fraction of sp³-hybridized carbons (Fsp3) is 0.421. The van der Waals surface area contributed by atoms with Crippen LogP contribution in [0.1, 0.15) is 43.8 Å². The summed E-state index contributed by atoms with van der Waals surface area (Å²) in [6.07, 6.45) is 10.7. The molecule has 6 heteroatoms. The Hall–Kier alpha value is -2.08. The van der Waals surface area contributed by atoms with Gasteiger partial charge in [-0.15, -0.1) is 10.2 Å². The summed E-state index contributed by atoms with van der Waals surface area (Å²) in [5, 5.41) is 9.91. The van der Waals surface area contributed by atoms with Crippen molar-refractivity contribution in [3.8, 4) is 11.6 Å². The van der Waals surface area contributed by atoms with Crippen molar-refractivity contribution in [1.29, 1.82) is 0 Å². The number of pyridine rings is 1. The molecule has 1 fully saturated rings. The number of hydrogen-bond acceptors (Lipinski definition) is 5. The molecule has 3 aromatic heterocycles. The normalized spacial score (nSPS) is 15.5. The zero-order valence-corrected chi connectivity index (χ0v) is 15.0. The zero-order chi connectivity index (χ0) is 16.9. The Kier molecular flexibility index (Phi) is 5.16. The number of furan rings is 1. The molecule has 0 aromatic carbocycles. The third kappa shape index (κ3) is 3.79. The first-order valence-corrected chi connectivity index (χ1v) is 9.92. The van der Waals surface area contributed by atoms with Gasteiger partial charge in [0.25, 0.3) is 0 Å². The van der Waals surface area contributed by atoms with E-state index in [1.807, 2.05) is 30.5 Å². The van der Waals surface area contributed by atoms with Crippen molar-refractivity contribution in [2.24, 2.45) is 0 Å². The molecular formula is C19H22N4OS. The Labute approximate surface area is 151 Å². The zero-order valence-electron chi connectivity index (χ0n) is 14.2. The highest BCUT2D eigenvalue weighted by atomic mass is 32.2. The first-order valence-electron chi connectivity index (χ1n) is 8.93. The molecule has 0 amide bonds. The molecule has 4 rings (SSSR count). The molecule has 0 radical (unpaired) electrons. The van der Waals surface area contributed by atoms with Crippen LogP contribution >= 0.6 is 11.8 Å². The SMILES string of the molecule is c1ccc(CCSc2nnc(-c3ccco3)n2C2CCCCC2)nc1. The second-order valence-corrected chi connectivity index (χ2v) is 7.43. The van der Waals surface area contributed by atoms with Crippen molar-refractivity contribution < 1.29 is 4.42 Å². The summed E-state index contributed by atoms with van der Waals surface area (Å²) in [6, 6.07) is 10.4. The molecule has 0 unspecified atom stereocenters. The van der Waals surface area contributed by atoms with Crippen molar-refractivity contribution in [2.75, 3.05) is 5.75 Å². The second-order valence-electron chi connectivity index (χ2n) is 6.36. The van der Waals surface area contributed by atoms with Gasteiger partial charge in [-0.05, 0) is 43.5 Å². The van der Waals surface area contributed by atoms with Crippen LogP contribution in [0, 0.1) is 0 Å². The molecule has 0 saturated heterocycles. The lowest BCUT2D eigenvalue weighted by atomic mass is 9.95. The van der Waals surface area contributed by atoms with E-state index >= 15 is 0 Å². The van der Waals surface area contributed by atoms with E-state index in [0.29, 0.717) is 6.04 Å². The van der Waals surface area contributed by atoms with Crippen LogP contribution in [0.4, 0.5) is 0 Å². The largest absolute Gasteiger partial charge is 0.461 e.